The summed E-state index contributed by atoms with van der Waals surface area (Å²) in [5, 5.41) is 13.4. The molecule has 3 heterocycles. The van der Waals surface area contributed by atoms with E-state index >= 15 is 0 Å². The van der Waals surface area contributed by atoms with E-state index in [2.05, 4.69) is 40.6 Å². The fourth-order valence-electron chi connectivity index (χ4n) is 4.29. The highest BCUT2D eigenvalue weighted by Gasteiger charge is 2.32. The number of carbonyl (C=O) groups excluding carboxylic acids is 1. The third-order valence-electron chi connectivity index (χ3n) is 6.07. The van der Waals surface area contributed by atoms with Crippen LogP contribution >= 0.6 is 0 Å². The van der Waals surface area contributed by atoms with Gasteiger partial charge >= 0.3 is 0 Å². The largest absolute Gasteiger partial charge is 0.376 e. The number of hydrogen-bond acceptors (Lipinski definition) is 5. The van der Waals surface area contributed by atoms with E-state index in [4.69, 9.17) is 4.74 Å². The Morgan fingerprint density at radius 3 is 2.89 bits per heavy atom. The first kappa shape index (κ1) is 17.6. The number of benzene rings is 1. The number of hydrogen-bond donors (Lipinski definition) is 0. The number of aromatic nitrogens is 4. The van der Waals surface area contributed by atoms with Crippen LogP contribution in [0.4, 0.5) is 0 Å². The van der Waals surface area contributed by atoms with Crippen LogP contribution in [0, 0.1) is 12.8 Å². The van der Waals surface area contributed by atoms with Crippen molar-refractivity contribution in [3.05, 3.63) is 35.4 Å². The fourth-order valence-corrected chi connectivity index (χ4v) is 4.29. The van der Waals surface area contributed by atoms with Crippen molar-refractivity contribution in [1.82, 2.24) is 24.9 Å². The number of rotatable bonds is 5. The molecule has 28 heavy (non-hydrogen) atoms. The third kappa shape index (κ3) is 3.13. The molecule has 1 saturated carbocycles. The Hall–Kier alpha value is -2.54. The van der Waals surface area contributed by atoms with Gasteiger partial charge < -0.3 is 9.64 Å². The fraction of sp³-hybridized carbons (Fsp3) is 0.524. The molecule has 7 heteroatoms. The van der Waals surface area contributed by atoms with Gasteiger partial charge in [0, 0.05) is 36.6 Å². The van der Waals surface area contributed by atoms with Crippen LogP contribution in [-0.2, 0) is 16.1 Å². The van der Waals surface area contributed by atoms with Crippen LogP contribution in [0.5, 0.6) is 0 Å². The summed E-state index contributed by atoms with van der Waals surface area (Å²) in [4.78, 5) is 15.1. The van der Waals surface area contributed by atoms with Crippen LogP contribution in [0.2, 0.25) is 0 Å². The van der Waals surface area contributed by atoms with E-state index in [-0.39, 0.29) is 17.9 Å². The van der Waals surface area contributed by atoms with Gasteiger partial charge in [-0.1, -0.05) is 18.1 Å². The highest BCUT2D eigenvalue weighted by atomic mass is 16.5. The standard InChI is InChI=1S/C21H25N5O2/c1-14-7-8-19-16(10-14)11-17(20-22-23-24-26(19)20)12-25(13-18-6-3-9-28-18)21(27)15-4-2-5-15/h7-8,10-11,15,18H,2-6,9,12-13H2,1H3/t18-/m1/s1. The van der Waals surface area contributed by atoms with Gasteiger partial charge in [-0.15, -0.1) is 5.10 Å². The molecule has 2 aromatic heterocycles. The van der Waals surface area contributed by atoms with E-state index in [1.807, 2.05) is 11.0 Å². The Morgan fingerprint density at radius 2 is 2.14 bits per heavy atom. The Labute approximate surface area is 163 Å². The molecule has 2 aliphatic rings. The molecule has 1 atom stereocenters. The SMILES string of the molecule is Cc1ccc2c(c1)cc(CN(C[C@H]1CCCO1)C(=O)C1CCC1)c1nnnn12. The van der Waals surface area contributed by atoms with E-state index in [1.165, 1.54) is 5.56 Å². The van der Waals surface area contributed by atoms with Crippen LogP contribution in [0.1, 0.15) is 43.2 Å². The van der Waals surface area contributed by atoms with Gasteiger partial charge in [-0.3, -0.25) is 4.79 Å². The molecule has 0 spiro atoms. The number of carbonyl (C=O) groups is 1. The lowest BCUT2D eigenvalue weighted by Gasteiger charge is -2.33. The van der Waals surface area contributed by atoms with Crippen LogP contribution in [0.15, 0.2) is 24.3 Å². The van der Waals surface area contributed by atoms with Crippen molar-refractivity contribution in [2.24, 2.45) is 5.92 Å². The minimum Gasteiger partial charge on any atom is -0.376 e. The monoisotopic (exact) mass is 379 g/mol. The molecule has 146 valence electrons. The molecule has 0 radical (unpaired) electrons. The topological polar surface area (TPSA) is 72.6 Å². The second-order valence-electron chi connectivity index (χ2n) is 8.13. The zero-order valence-corrected chi connectivity index (χ0v) is 16.2. The van der Waals surface area contributed by atoms with Crippen molar-refractivity contribution in [2.45, 2.75) is 51.7 Å². The van der Waals surface area contributed by atoms with Gasteiger partial charge in [-0.05, 0) is 61.2 Å². The van der Waals surface area contributed by atoms with E-state index in [9.17, 15) is 4.79 Å². The van der Waals surface area contributed by atoms with Crippen LogP contribution < -0.4 is 0 Å². The summed E-state index contributed by atoms with van der Waals surface area (Å²) in [5.74, 6) is 0.410. The molecule has 1 amide bonds. The molecule has 7 nitrogen and oxygen atoms in total. The molecule has 1 aliphatic carbocycles. The van der Waals surface area contributed by atoms with Gasteiger partial charge in [0.15, 0.2) is 5.65 Å². The first-order valence-electron chi connectivity index (χ1n) is 10.2. The van der Waals surface area contributed by atoms with E-state index < -0.39 is 0 Å². The smallest absolute Gasteiger partial charge is 0.226 e. The van der Waals surface area contributed by atoms with E-state index in [0.29, 0.717) is 13.1 Å². The van der Waals surface area contributed by atoms with Crippen LogP contribution in [0.25, 0.3) is 16.6 Å². The number of amides is 1. The average Bonchev–Trinajstić information content (AvgIpc) is 3.31. The summed E-state index contributed by atoms with van der Waals surface area (Å²) < 4.78 is 7.60. The highest BCUT2D eigenvalue weighted by Crippen LogP contribution is 2.30. The Morgan fingerprint density at radius 1 is 1.25 bits per heavy atom. The van der Waals surface area contributed by atoms with Crippen molar-refractivity contribution in [1.29, 1.82) is 0 Å². The lowest BCUT2D eigenvalue weighted by Crippen LogP contribution is -2.42. The summed E-state index contributed by atoms with van der Waals surface area (Å²) in [5.41, 5.74) is 3.86. The first-order chi connectivity index (χ1) is 13.7. The van der Waals surface area contributed by atoms with Crippen molar-refractivity contribution in [2.75, 3.05) is 13.2 Å². The molecule has 3 aromatic rings. The Balaban J connectivity index is 1.52. The second-order valence-corrected chi connectivity index (χ2v) is 8.13. The molecule has 1 saturated heterocycles. The van der Waals surface area contributed by atoms with E-state index in [0.717, 1.165) is 60.8 Å². The highest BCUT2D eigenvalue weighted by molar-refractivity contribution is 5.84. The molecule has 0 unspecified atom stereocenters. The lowest BCUT2D eigenvalue weighted by atomic mass is 9.84. The number of ether oxygens (including phenoxy) is 1. The molecular formula is C21H25N5O2. The van der Waals surface area contributed by atoms with Gasteiger partial charge in [0.25, 0.3) is 0 Å². The maximum atomic E-state index is 13.1. The Bertz CT molecular complexity index is 1020. The number of pyridine rings is 1. The molecule has 0 bridgehead atoms. The first-order valence-corrected chi connectivity index (χ1v) is 10.2. The molecule has 2 fully saturated rings. The van der Waals surface area contributed by atoms with Gasteiger partial charge in [-0.2, -0.15) is 4.52 Å². The maximum Gasteiger partial charge on any atom is 0.226 e. The summed E-state index contributed by atoms with van der Waals surface area (Å²) >= 11 is 0. The minimum absolute atomic E-state index is 0.138. The Kier molecular flexibility index (Phi) is 4.47. The maximum absolute atomic E-state index is 13.1. The number of fused-ring (bicyclic) bond motifs is 3. The second kappa shape index (κ2) is 7.13. The number of tetrazole rings is 1. The van der Waals surface area contributed by atoms with Crippen LogP contribution in [-0.4, -0.2) is 50.1 Å². The van der Waals surface area contributed by atoms with Crippen LogP contribution in [0.3, 0.4) is 0 Å². The van der Waals surface area contributed by atoms with Gasteiger partial charge in [0.1, 0.15) is 0 Å². The molecule has 0 N–H and O–H groups in total. The predicted molar refractivity (Wildman–Crippen MR) is 105 cm³/mol. The van der Waals surface area contributed by atoms with Crippen molar-refractivity contribution in [3.63, 3.8) is 0 Å². The number of nitrogens with zero attached hydrogens (tertiary/aromatic N) is 5. The van der Waals surface area contributed by atoms with Gasteiger partial charge in [0.05, 0.1) is 11.6 Å². The molecule has 5 rings (SSSR count). The van der Waals surface area contributed by atoms with Crippen molar-refractivity contribution >= 4 is 22.5 Å². The normalized spacial score (nSPS) is 20.0. The number of aryl methyl sites for hydroxylation is 1. The molecule has 1 aromatic carbocycles. The molecule has 1 aliphatic heterocycles. The zero-order valence-electron chi connectivity index (χ0n) is 16.2. The van der Waals surface area contributed by atoms with Crippen molar-refractivity contribution < 1.29 is 9.53 Å². The lowest BCUT2D eigenvalue weighted by molar-refractivity contribution is -0.140. The summed E-state index contributed by atoms with van der Waals surface area (Å²) in [7, 11) is 0. The van der Waals surface area contributed by atoms with E-state index in [1.54, 1.807) is 4.52 Å². The summed E-state index contributed by atoms with van der Waals surface area (Å²) in [6, 6.07) is 8.37. The minimum atomic E-state index is 0.138. The van der Waals surface area contributed by atoms with Gasteiger partial charge in [0.2, 0.25) is 5.91 Å². The van der Waals surface area contributed by atoms with Crippen molar-refractivity contribution in [3.8, 4) is 0 Å². The molecular weight excluding hydrogens is 354 g/mol. The quantitative estimate of drug-likeness (QED) is 0.682. The average molecular weight is 379 g/mol. The third-order valence-corrected chi connectivity index (χ3v) is 6.07. The summed E-state index contributed by atoms with van der Waals surface area (Å²) in [6.45, 7) is 4.04. The van der Waals surface area contributed by atoms with Gasteiger partial charge in [-0.25, -0.2) is 0 Å². The summed E-state index contributed by atoms with van der Waals surface area (Å²) in [6.07, 6.45) is 5.38. The predicted octanol–water partition coefficient (Wildman–Crippen LogP) is 2.89. The zero-order chi connectivity index (χ0) is 19.1.